The van der Waals surface area contributed by atoms with Crippen molar-refractivity contribution in [3.63, 3.8) is 0 Å². The van der Waals surface area contributed by atoms with Crippen molar-refractivity contribution >= 4 is 23.3 Å². The second-order valence-electron chi connectivity index (χ2n) is 3.25. The van der Waals surface area contributed by atoms with Gasteiger partial charge in [-0.25, -0.2) is 14.6 Å². The van der Waals surface area contributed by atoms with Gasteiger partial charge in [0.15, 0.2) is 5.69 Å². The van der Waals surface area contributed by atoms with Crippen LogP contribution in [0.4, 0.5) is 0 Å². The molecule has 0 radical (unpaired) electrons. The molecular formula is C11H15NO4S. The molecule has 1 heterocycles. The van der Waals surface area contributed by atoms with Crippen LogP contribution < -0.4 is 0 Å². The highest BCUT2D eigenvalue weighted by molar-refractivity contribution is 7.11. The quantitative estimate of drug-likeness (QED) is 0.577. The minimum absolute atomic E-state index is 0.161. The second-order valence-corrected chi connectivity index (χ2v) is 4.11. The summed E-state index contributed by atoms with van der Waals surface area (Å²) in [5.74, 6) is -1.00. The minimum atomic E-state index is -0.509. The van der Waals surface area contributed by atoms with Crippen molar-refractivity contribution in [2.45, 2.75) is 26.7 Å². The molecule has 94 valence electrons. The number of nitrogens with zero attached hydrogens (tertiary/aromatic N) is 1. The van der Waals surface area contributed by atoms with Crippen molar-refractivity contribution in [1.29, 1.82) is 0 Å². The summed E-state index contributed by atoms with van der Waals surface area (Å²) in [6, 6.07) is 0. The molecule has 17 heavy (non-hydrogen) atoms. The van der Waals surface area contributed by atoms with Gasteiger partial charge in [-0.1, -0.05) is 13.3 Å². The van der Waals surface area contributed by atoms with Crippen molar-refractivity contribution in [3.8, 4) is 0 Å². The van der Waals surface area contributed by atoms with Gasteiger partial charge in [-0.2, -0.15) is 0 Å². The average Bonchev–Trinajstić information content (AvgIpc) is 2.79. The normalized spacial score (nSPS) is 10.0. The molecule has 0 N–H and O–H groups in total. The number of hydrogen-bond acceptors (Lipinski definition) is 6. The first-order valence-corrected chi connectivity index (χ1v) is 6.36. The van der Waals surface area contributed by atoms with E-state index in [1.165, 1.54) is 5.38 Å². The first-order chi connectivity index (χ1) is 8.19. The lowest BCUT2D eigenvalue weighted by Crippen LogP contribution is -2.09. The summed E-state index contributed by atoms with van der Waals surface area (Å²) >= 11 is 1.08. The molecule has 0 saturated carbocycles. The smallest absolute Gasteiger partial charge is 0.367 e. The molecule has 0 aliphatic heterocycles. The predicted octanol–water partition coefficient (Wildman–Crippen LogP) is 2.28. The van der Waals surface area contributed by atoms with Crippen molar-refractivity contribution in [2.24, 2.45) is 0 Å². The van der Waals surface area contributed by atoms with Gasteiger partial charge in [0.05, 0.1) is 13.2 Å². The van der Waals surface area contributed by atoms with Gasteiger partial charge in [-0.15, -0.1) is 11.3 Å². The fraction of sp³-hybridized carbons (Fsp3) is 0.545. The number of thiazole rings is 1. The summed E-state index contributed by atoms with van der Waals surface area (Å²) in [6.45, 7) is 4.39. The van der Waals surface area contributed by atoms with Gasteiger partial charge in [-0.05, 0) is 13.3 Å². The highest BCUT2D eigenvalue weighted by atomic mass is 32.1. The Kier molecular flexibility index (Phi) is 5.62. The van der Waals surface area contributed by atoms with Crippen molar-refractivity contribution in [3.05, 3.63) is 16.1 Å². The van der Waals surface area contributed by atoms with Crippen LogP contribution in [0.1, 0.15) is 47.0 Å². The van der Waals surface area contributed by atoms with Crippen LogP contribution in [0.25, 0.3) is 0 Å². The Morgan fingerprint density at radius 2 is 2.06 bits per heavy atom. The van der Waals surface area contributed by atoms with Crippen LogP contribution >= 0.6 is 11.3 Å². The van der Waals surface area contributed by atoms with Crippen LogP contribution in [0.15, 0.2) is 5.38 Å². The number of ether oxygens (including phenoxy) is 2. The number of esters is 2. The van der Waals surface area contributed by atoms with Gasteiger partial charge in [0.1, 0.15) is 0 Å². The lowest BCUT2D eigenvalue weighted by molar-refractivity contribution is 0.0493. The molecule has 0 spiro atoms. The highest BCUT2D eigenvalue weighted by Gasteiger charge is 2.16. The van der Waals surface area contributed by atoms with Crippen LogP contribution in [0, 0.1) is 0 Å². The maximum absolute atomic E-state index is 11.5. The van der Waals surface area contributed by atoms with Crippen LogP contribution in [0.3, 0.4) is 0 Å². The summed E-state index contributed by atoms with van der Waals surface area (Å²) < 4.78 is 9.75. The number of hydrogen-bond donors (Lipinski definition) is 0. The fourth-order valence-corrected chi connectivity index (χ4v) is 1.72. The predicted molar refractivity (Wildman–Crippen MR) is 63.3 cm³/mol. The number of carbonyl (C=O) groups is 2. The SMILES string of the molecule is CCCCOC(=O)c1csc(C(=O)OCC)n1. The molecular weight excluding hydrogens is 242 g/mol. The van der Waals surface area contributed by atoms with Crippen molar-refractivity contribution in [1.82, 2.24) is 4.98 Å². The molecule has 0 fully saturated rings. The summed E-state index contributed by atoms with van der Waals surface area (Å²) in [4.78, 5) is 26.7. The Morgan fingerprint density at radius 1 is 1.29 bits per heavy atom. The van der Waals surface area contributed by atoms with E-state index >= 15 is 0 Å². The average molecular weight is 257 g/mol. The Labute approximate surface area is 104 Å². The van der Waals surface area contributed by atoms with Crippen LogP contribution in [0.5, 0.6) is 0 Å². The zero-order valence-electron chi connectivity index (χ0n) is 9.89. The van der Waals surface area contributed by atoms with Gasteiger partial charge in [0.25, 0.3) is 0 Å². The Balaban J connectivity index is 2.55. The van der Waals surface area contributed by atoms with Crippen LogP contribution in [0.2, 0.25) is 0 Å². The highest BCUT2D eigenvalue weighted by Crippen LogP contribution is 2.12. The monoisotopic (exact) mass is 257 g/mol. The largest absolute Gasteiger partial charge is 0.461 e. The van der Waals surface area contributed by atoms with Gasteiger partial charge < -0.3 is 9.47 Å². The summed E-state index contributed by atoms with van der Waals surface area (Å²) in [5.41, 5.74) is 0.161. The van der Waals surface area contributed by atoms with E-state index in [1.807, 2.05) is 6.92 Å². The van der Waals surface area contributed by atoms with E-state index in [2.05, 4.69) is 4.98 Å². The lowest BCUT2D eigenvalue weighted by Gasteiger charge is -2.00. The number of rotatable bonds is 6. The van der Waals surface area contributed by atoms with E-state index in [-0.39, 0.29) is 17.3 Å². The summed E-state index contributed by atoms with van der Waals surface area (Å²) in [5, 5.41) is 1.68. The Bertz CT molecular complexity index is 389. The molecule has 0 saturated heterocycles. The fourth-order valence-electron chi connectivity index (χ4n) is 1.04. The number of unbranched alkanes of at least 4 members (excludes halogenated alkanes) is 1. The van der Waals surface area contributed by atoms with E-state index < -0.39 is 11.9 Å². The third-order valence-electron chi connectivity index (χ3n) is 1.89. The molecule has 0 unspecified atom stereocenters. The number of carbonyl (C=O) groups excluding carboxylic acids is 2. The van der Waals surface area contributed by atoms with E-state index in [4.69, 9.17) is 9.47 Å². The molecule has 0 aromatic carbocycles. The zero-order chi connectivity index (χ0) is 12.7. The molecule has 0 amide bonds. The van der Waals surface area contributed by atoms with E-state index in [0.29, 0.717) is 6.61 Å². The van der Waals surface area contributed by atoms with Gasteiger partial charge in [0, 0.05) is 5.38 Å². The Hall–Kier alpha value is -1.43. The first-order valence-electron chi connectivity index (χ1n) is 5.48. The third kappa shape index (κ3) is 4.14. The maximum Gasteiger partial charge on any atom is 0.367 e. The molecule has 0 aliphatic carbocycles. The van der Waals surface area contributed by atoms with Gasteiger partial charge >= 0.3 is 11.9 Å². The van der Waals surface area contributed by atoms with Crippen LogP contribution in [-0.2, 0) is 9.47 Å². The molecule has 0 aliphatic rings. The molecule has 1 aromatic rings. The number of aromatic nitrogens is 1. The maximum atomic E-state index is 11.5. The van der Waals surface area contributed by atoms with Crippen molar-refractivity contribution in [2.75, 3.05) is 13.2 Å². The van der Waals surface area contributed by atoms with Gasteiger partial charge in [0.2, 0.25) is 5.01 Å². The summed E-state index contributed by atoms with van der Waals surface area (Å²) in [7, 11) is 0. The molecule has 1 aromatic heterocycles. The van der Waals surface area contributed by atoms with E-state index in [9.17, 15) is 9.59 Å². The zero-order valence-corrected chi connectivity index (χ0v) is 10.7. The summed E-state index contributed by atoms with van der Waals surface area (Å²) in [6.07, 6.45) is 1.78. The third-order valence-corrected chi connectivity index (χ3v) is 2.72. The standard InChI is InChI=1S/C11H15NO4S/c1-3-5-6-16-10(13)8-7-17-9(12-8)11(14)15-4-2/h7H,3-6H2,1-2H3. The van der Waals surface area contributed by atoms with Crippen molar-refractivity contribution < 1.29 is 19.1 Å². The Morgan fingerprint density at radius 3 is 2.71 bits per heavy atom. The molecule has 6 heteroatoms. The second kappa shape index (κ2) is 7.01. The van der Waals surface area contributed by atoms with Gasteiger partial charge in [-0.3, -0.25) is 0 Å². The molecule has 5 nitrogen and oxygen atoms in total. The van der Waals surface area contributed by atoms with E-state index in [1.54, 1.807) is 6.92 Å². The van der Waals surface area contributed by atoms with Crippen LogP contribution in [-0.4, -0.2) is 30.1 Å². The molecule has 1 rings (SSSR count). The molecule has 0 atom stereocenters. The topological polar surface area (TPSA) is 65.5 Å². The lowest BCUT2D eigenvalue weighted by atomic mass is 10.4. The molecule has 0 bridgehead atoms. The minimum Gasteiger partial charge on any atom is -0.461 e. The van der Waals surface area contributed by atoms with E-state index in [0.717, 1.165) is 24.2 Å². The first kappa shape index (κ1) is 13.6.